The van der Waals surface area contributed by atoms with Gasteiger partial charge in [-0.3, -0.25) is 18.9 Å². The standard InChI is InChI=1S/C28H31FN4O4S.ClH/c1-15-12-17(13-16(2)25(15)37-11-10-32-8-6-30-7-9-32)21-20(29)14-19-23(26(21)36-3)33(18-4-5-18)28-22(24(19)34)27(35)31-38-28;/h12-14,18,30H,4-11H2,1-3H3,(H,31,35);1H. The Hall–Kier alpha value is -2.92. The summed E-state index contributed by atoms with van der Waals surface area (Å²) in [6.45, 7) is 9.37. The minimum atomic E-state index is -0.564. The Bertz CT molecular complexity index is 1650. The van der Waals surface area contributed by atoms with Crippen LogP contribution in [0.2, 0.25) is 0 Å². The van der Waals surface area contributed by atoms with Gasteiger partial charge in [0.05, 0.1) is 23.6 Å². The Morgan fingerprint density at radius 2 is 1.77 bits per heavy atom. The van der Waals surface area contributed by atoms with Crippen LogP contribution in [0.15, 0.2) is 27.8 Å². The van der Waals surface area contributed by atoms with Crippen molar-refractivity contribution < 1.29 is 13.9 Å². The molecule has 1 saturated carbocycles. The number of pyridine rings is 1. The van der Waals surface area contributed by atoms with Crippen molar-refractivity contribution in [1.29, 1.82) is 0 Å². The number of ether oxygens (including phenoxy) is 2. The second-order valence-electron chi connectivity index (χ2n) is 10.2. The fraction of sp³-hybridized carbons (Fsp3) is 0.429. The molecule has 0 spiro atoms. The molecule has 0 atom stereocenters. The molecule has 0 radical (unpaired) electrons. The van der Waals surface area contributed by atoms with E-state index >= 15 is 4.39 Å². The first-order valence-electron chi connectivity index (χ1n) is 13.0. The van der Waals surface area contributed by atoms with Crippen molar-refractivity contribution in [3.8, 4) is 22.6 Å². The maximum absolute atomic E-state index is 15.8. The third-order valence-electron chi connectivity index (χ3n) is 7.55. The van der Waals surface area contributed by atoms with Crippen LogP contribution in [-0.2, 0) is 0 Å². The van der Waals surface area contributed by atoms with Crippen molar-refractivity contribution in [3.63, 3.8) is 0 Å². The summed E-state index contributed by atoms with van der Waals surface area (Å²) in [7, 11) is 1.50. The second-order valence-corrected chi connectivity index (χ2v) is 11.0. The van der Waals surface area contributed by atoms with Crippen LogP contribution in [0, 0.1) is 19.7 Å². The van der Waals surface area contributed by atoms with Gasteiger partial charge in [0.2, 0.25) is 5.43 Å². The summed E-state index contributed by atoms with van der Waals surface area (Å²) in [6, 6.07) is 5.21. The zero-order valence-corrected chi connectivity index (χ0v) is 23.8. The largest absolute Gasteiger partial charge is 0.494 e. The summed E-state index contributed by atoms with van der Waals surface area (Å²) in [4.78, 5) is 28.7. The summed E-state index contributed by atoms with van der Waals surface area (Å²) in [5.74, 6) is 0.543. The molecule has 6 rings (SSSR count). The monoisotopic (exact) mass is 574 g/mol. The van der Waals surface area contributed by atoms with E-state index in [1.165, 1.54) is 13.2 Å². The normalized spacial score (nSPS) is 16.0. The molecule has 2 aromatic carbocycles. The van der Waals surface area contributed by atoms with E-state index in [1.54, 1.807) is 0 Å². The summed E-state index contributed by atoms with van der Waals surface area (Å²) >= 11 is 1.14. The summed E-state index contributed by atoms with van der Waals surface area (Å²) < 4.78 is 32.5. The lowest BCUT2D eigenvalue weighted by Crippen LogP contribution is -2.44. The third kappa shape index (κ3) is 4.84. The first kappa shape index (κ1) is 27.6. The van der Waals surface area contributed by atoms with Crippen LogP contribution in [0.3, 0.4) is 0 Å². The number of aromatic amines is 1. The fourth-order valence-electron chi connectivity index (χ4n) is 5.61. The zero-order valence-electron chi connectivity index (χ0n) is 22.2. The number of hydrogen-bond acceptors (Lipinski definition) is 7. The third-order valence-corrected chi connectivity index (χ3v) is 8.43. The molecule has 1 saturated heterocycles. The number of benzene rings is 2. The van der Waals surface area contributed by atoms with Gasteiger partial charge in [-0.15, -0.1) is 12.4 Å². The molecule has 3 heterocycles. The highest BCUT2D eigenvalue weighted by Crippen LogP contribution is 2.46. The average Bonchev–Trinajstić information content (AvgIpc) is 3.67. The molecule has 4 aromatic rings. The smallest absolute Gasteiger partial charge is 0.271 e. The van der Waals surface area contributed by atoms with Crippen molar-refractivity contribution in [2.75, 3.05) is 46.4 Å². The number of piperazine rings is 1. The Labute approximate surface area is 235 Å². The Morgan fingerprint density at radius 1 is 1.08 bits per heavy atom. The van der Waals surface area contributed by atoms with Crippen molar-refractivity contribution in [2.45, 2.75) is 32.7 Å². The summed E-state index contributed by atoms with van der Waals surface area (Å²) in [6.07, 6.45) is 1.85. The van der Waals surface area contributed by atoms with Gasteiger partial charge in [-0.25, -0.2) is 4.39 Å². The molecule has 39 heavy (non-hydrogen) atoms. The van der Waals surface area contributed by atoms with E-state index in [0.29, 0.717) is 33.8 Å². The van der Waals surface area contributed by atoms with E-state index < -0.39 is 16.8 Å². The van der Waals surface area contributed by atoms with E-state index in [1.807, 2.05) is 30.5 Å². The van der Waals surface area contributed by atoms with Gasteiger partial charge in [-0.05, 0) is 73.1 Å². The predicted molar refractivity (Wildman–Crippen MR) is 156 cm³/mol. The molecule has 0 amide bonds. The van der Waals surface area contributed by atoms with E-state index in [2.05, 4.69) is 14.6 Å². The lowest BCUT2D eigenvalue weighted by atomic mass is 9.96. The lowest BCUT2D eigenvalue weighted by Gasteiger charge is -2.27. The van der Waals surface area contributed by atoms with Crippen LogP contribution >= 0.6 is 23.9 Å². The van der Waals surface area contributed by atoms with Crippen LogP contribution in [0.1, 0.15) is 30.0 Å². The summed E-state index contributed by atoms with van der Waals surface area (Å²) in [5.41, 5.74) is 2.39. The second kappa shape index (κ2) is 10.9. The Balaban J connectivity index is 0.00000308. The molecule has 11 heteroatoms. The van der Waals surface area contributed by atoms with E-state index in [0.717, 1.165) is 74.0 Å². The quantitative estimate of drug-likeness (QED) is 0.341. The van der Waals surface area contributed by atoms with Gasteiger partial charge >= 0.3 is 0 Å². The maximum atomic E-state index is 15.8. The van der Waals surface area contributed by atoms with Crippen molar-refractivity contribution >= 4 is 45.1 Å². The van der Waals surface area contributed by atoms with E-state index in [9.17, 15) is 9.59 Å². The van der Waals surface area contributed by atoms with Crippen LogP contribution in [0.25, 0.3) is 32.2 Å². The highest BCUT2D eigenvalue weighted by atomic mass is 35.5. The van der Waals surface area contributed by atoms with Crippen molar-refractivity contribution in [3.05, 3.63) is 55.7 Å². The molecule has 0 unspecified atom stereocenters. The van der Waals surface area contributed by atoms with Crippen molar-refractivity contribution in [2.24, 2.45) is 0 Å². The molecule has 1 aliphatic heterocycles. The van der Waals surface area contributed by atoms with Gasteiger partial charge in [0.15, 0.2) is 5.75 Å². The van der Waals surface area contributed by atoms with Crippen LogP contribution in [0.5, 0.6) is 11.5 Å². The number of H-pyrrole nitrogens is 1. The highest BCUT2D eigenvalue weighted by Gasteiger charge is 2.32. The number of nitrogens with zero attached hydrogens (tertiary/aromatic N) is 2. The fourth-order valence-corrected chi connectivity index (χ4v) is 6.53. The molecule has 1 aliphatic carbocycles. The van der Waals surface area contributed by atoms with Gasteiger partial charge in [-0.1, -0.05) is 0 Å². The molecule has 0 bridgehead atoms. The van der Waals surface area contributed by atoms with Crippen LogP contribution in [0.4, 0.5) is 4.39 Å². The first-order valence-corrected chi connectivity index (χ1v) is 13.8. The lowest BCUT2D eigenvalue weighted by molar-refractivity contribution is 0.190. The molecule has 2 N–H and O–H groups in total. The molecular formula is C28H32ClFN4O4S. The Morgan fingerprint density at radius 3 is 2.41 bits per heavy atom. The van der Waals surface area contributed by atoms with Crippen LogP contribution < -0.4 is 25.8 Å². The highest BCUT2D eigenvalue weighted by molar-refractivity contribution is 7.12. The Kier molecular flexibility index (Phi) is 7.74. The number of nitrogens with one attached hydrogen (secondary N) is 2. The van der Waals surface area contributed by atoms with Crippen molar-refractivity contribution in [1.82, 2.24) is 19.2 Å². The van der Waals surface area contributed by atoms with E-state index in [4.69, 9.17) is 9.47 Å². The molecule has 2 aromatic heterocycles. The first-order chi connectivity index (χ1) is 18.4. The summed E-state index contributed by atoms with van der Waals surface area (Å²) in [5, 5.41) is 3.60. The zero-order chi connectivity index (χ0) is 26.6. The number of rotatable bonds is 7. The number of hydrogen-bond donors (Lipinski definition) is 2. The van der Waals surface area contributed by atoms with Crippen LogP contribution in [-0.4, -0.2) is 60.3 Å². The number of halogens is 2. The van der Waals surface area contributed by atoms with Gasteiger partial charge < -0.3 is 19.4 Å². The maximum Gasteiger partial charge on any atom is 0.271 e. The van der Waals surface area contributed by atoms with Gasteiger partial charge in [0.1, 0.15) is 28.4 Å². The molecule has 8 nitrogen and oxygen atoms in total. The molecular weight excluding hydrogens is 543 g/mol. The minimum absolute atomic E-state index is 0. The van der Waals surface area contributed by atoms with Gasteiger partial charge in [0, 0.05) is 38.8 Å². The van der Waals surface area contributed by atoms with Gasteiger partial charge in [-0.2, -0.15) is 0 Å². The number of fused-ring (bicyclic) bond motifs is 2. The SMILES string of the molecule is COc1c(-c2cc(C)c(OCCN3CCNCC3)c(C)c2)c(F)cc2c(=O)c3c(=O)[nH]sc3n(C3CC3)c12.Cl. The number of aryl methyl sites for hydroxylation is 2. The molecule has 208 valence electrons. The average molecular weight is 575 g/mol. The minimum Gasteiger partial charge on any atom is -0.494 e. The number of methoxy groups -OCH3 is 1. The molecule has 2 aliphatic rings. The van der Waals surface area contributed by atoms with E-state index in [-0.39, 0.29) is 29.2 Å². The predicted octanol–water partition coefficient (Wildman–Crippen LogP) is 4.38. The van der Waals surface area contributed by atoms with Gasteiger partial charge in [0.25, 0.3) is 5.56 Å². The number of aromatic nitrogens is 2. The molecule has 2 fully saturated rings. The topological polar surface area (TPSA) is 88.6 Å².